The third-order valence-electron chi connectivity index (χ3n) is 1.58. The van der Waals surface area contributed by atoms with Crippen molar-refractivity contribution in [2.75, 3.05) is 6.61 Å². The van der Waals surface area contributed by atoms with Gasteiger partial charge in [-0.25, -0.2) is 4.57 Å². The van der Waals surface area contributed by atoms with Crippen molar-refractivity contribution < 1.29 is 29.0 Å². The summed E-state index contributed by atoms with van der Waals surface area (Å²) in [5.41, 5.74) is 0. The number of carbonyl (C=O) groups excluding carboxylic acids is 1. The lowest BCUT2D eigenvalue weighted by molar-refractivity contribution is -0.135. The molecule has 2 unspecified atom stereocenters. The Morgan fingerprint density at radius 2 is 2.07 bits per heavy atom. The Morgan fingerprint density at radius 3 is 2.57 bits per heavy atom. The third-order valence-corrected chi connectivity index (χ3v) is 1.98. The molecule has 0 aromatic rings. The van der Waals surface area contributed by atoms with Gasteiger partial charge in [0, 0.05) is 13.0 Å². The maximum absolute atomic E-state index is 10.7. The van der Waals surface area contributed by atoms with Crippen LogP contribution in [0.2, 0.25) is 0 Å². The highest BCUT2D eigenvalue weighted by atomic mass is 31.1. The number of aliphatic hydroxyl groups is 2. The van der Waals surface area contributed by atoms with Gasteiger partial charge in [-0.2, -0.15) is 0 Å². The van der Waals surface area contributed by atoms with Crippen molar-refractivity contribution in [3.63, 3.8) is 0 Å². The van der Waals surface area contributed by atoms with Gasteiger partial charge in [0.05, 0.1) is 6.10 Å². The van der Waals surface area contributed by atoms with Crippen molar-refractivity contribution in [2.45, 2.75) is 31.8 Å². The van der Waals surface area contributed by atoms with Gasteiger partial charge in [-0.05, 0) is 19.3 Å². The number of rotatable bonds is 7. The number of carbonyl (C=O) groups is 1. The zero-order chi connectivity index (χ0) is 11.0. The Kier molecular flexibility index (Phi) is 7.70. The molecule has 0 aliphatic heterocycles. The fourth-order valence-corrected chi connectivity index (χ4v) is 1.20. The number of hydrogen-bond acceptors (Lipinski definition) is 5. The van der Waals surface area contributed by atoms with E-state index in [1.54, 1.807) is 0 Å². The number of aliphatic hydroxyl groups excluding tert-OH is 2. The van der Waals surface area contributed by atoms with Crippen LogP contribution in [0.4, 0.5) is 0 Å². The summed E-state index contributed by atoms with van der Waals surface area (Å²) in [5, 5.41) is 17.7. The van der Waals surface area contributed by atoms with Crippen molar-refractivity contribution in [2.24, 2.45) is 0 Å². The quantitative estimate of drug-likeness (QED) is 0.520. The average Bonchev–Trinajstić information content (AvgIpc) is 2.10. The van der Waals surface area contributed by atoms with E-state index in [0.29, 0.717) is 12.8 Å². The van der Waals surface area contributed by atoms with E-state index < -0.39 is 20.3 Å². The van der Waals surface area contributed by atoms with Crippen LogP contribution in [-0.4, -0.2) is 33.8 Å². The molecule has 0 bridgehead atoms. The molecule has 0 aliphatic carbocycles. The molecule has 0 amide bonds. The molecule has 0 radical (unpaired) electrons. The summed E-state index contributed by atoms with van der Waals surface area (Å²) in [7, 11) is -3.22. The predicted octanol–water partition coefficient (Wildman–Crippen LogP) is -0.175. The van der Waals surface area contributed by atoms with Gasteiger partial charge in [-0.3, -0.25) is 4.79 Å². The van der Waals surface area contributed by atoms with E-state index >= 15 is 0 Å². The van der Waals surface area contributed by atoms with Crippen LogP contribution in [0.3, 0.4) is 0 Å². The minimum Gasteiger partial charge on any atom is -0.396 e. The zero-order valence-electron chi connectivity index (χ0n) is 7.68. The van der Waals surface area contributed by atoms with Crippen molar-refractivity contribution in [1.82, 2.24) is 0 Å². The van der Waals surface area contributed by atoms with Crippen molar-refractivity contribution >= 4 is 14.2 Å². The Morgan fingerprint density at radius 1 is 1.43 bits per heavy atom. The topological polar surface area (TPSA) is 104 Å². The van der Waals surface area contributed by atoms with Crippen LogP contribution < -0.4 is 0 Å². The molecule has 0 saturated carbocycles. The van der Waals surface area contributed by atoms with E-state index in [2.05, 4.69) is 4.52 Å². The van der Waals surface area contributed by atoms with Gasteiger partial charge >= 0.3 is 14.2 Å². The summed E-state index contributed by atoms with van der Waals surface area (Å²) in [4.78, 5) is 19.0. The van der Waals surface area contributed by atoms with Gasteiger partial charge in [-0.15, -0.1) is 0 Å². The van der Waals surface area contributed by atoms with E-state index in [-0.39, 0.29) is 19.4 Å². The lowest BCUT2D eigenvalue weighted by Crippen LogP contribution is -2.10. The molecule has 0 spiro atoms. The zero-order valence-corrected chi connectivity index (χ0v) is 8.68. The lowest BCUT2D eigenvalue weighted by atomic mass is 10.1. The molecule has 84 valence electrons. The second-order valence-electron chi connectivity index (χ2n) is 2.80. The van der Waals surface area contributed by atoms with Crippen molar-refractivity contribution in [3.05, 3.63) is 0 Å². The highest BCUT2D eigenvalue weighted by Gasteiger charge is 2.10. The monoisotopic (exact) mass is 226 g/mol. The van der Waals surface area contributed by atoms with Gasteiger partial charge in [0.25, 0.3) is 0 Å². The summed E-state index contributed by atoms with van der Waals surface area (Å²) in [6.07, 6.45) is 0.262. The summed E-state index contributed by atoms with van der Waals surface area (Å²) in [5.74, 6) is -0.792. The molecular formula is C7H15O6P. The van der Waals surface area contributed by atoms with Gasteiger partial charge in [-0.1, -0.05) is 0 Å². The SMILES string of the molecule is O=C(CCC(O)CCCO)O[PH](=O)O. The van der Waals surface area contributed by atoms with Crippen LogP contribution in [-0.2, 0) is 13.9 Å². The maximum Gasteiger partial charge on any atom is 0.367 e. The van der Waals surface area contributed by atoms with Crippen LogP contribution in [0.5, 0.6) is 0 Å². The Balaban J connectivity index is 3.50. The summed E-state index contributed by atoms with van der Waals surface area (Å²) in [6.45, 7) is -0.00808. The first-order valence-corrected chi connectivity index (χ1v) is 5.55. The molecule has 14 heavy (non-hydrogen) atoms. The van der Waals surface area contributed by atoms with Gasteiger partial charge < -0.3 is 19.6 Å². The van der Waals surface area contributed by atoms with Crippen molar-refractivity contribution in [3.8, 4) is 0 Å². The molecule has 0 fully saturated rings. The Hall–Kier alpha value is -0.420. The number of hydrogen-bond donors (Lipinski definition) is 3. The van der Waals surface area contributed by atoms with E-state index in [1.807, 2.05) is 0 Å². The van der Waals surface area contributed by atoms with E-state index in [4.69, 9.17) is 10.00 Å². The smallest absolute Gasteiger partial charge is 0.367 e. The largest absolute Gasteiger partial charge is 0.396 e. The van der Waals surface area contributed by atoms with Crippen molar-refractivity contribution in [1.29, 1.82) is 0 Å². The van der Waals surface area contributed by atoms with Crippen LogP contribution >= 0.6 is 8.25 Å². The first-order valence-electron chi connectivity index (χ1n) is 4.28. The Bertz CT molecular complexity index is 195. The predicted molar refractivity (Wildman–Crippen MR) is 48.9 cm³/mol. The molecule has 0 aromatic carbocycles. The molecule has 3 N–H and O–H groups in total. The molecular weight excluding hydrogens is 211 g/mol. The second-order valence-corrected chi connectivity index (χ2v) is 3.53. The standard InChI is InChI=1S/C7H15O6P/c8-5-1-2-6(9)3-4-7(10)13-14(11)12/h6,8-9,14H,1-5H2,(H,11,12). The van der Waals surface area contributed by atoms with Crippen LogP contribution in [0.15, 0.2) is 0 Å². The van der Waals surface area contributed by atoms with Crippen LogP contribution in [0.1, 0.15) is 25.7 Å². The minimum atomic E-state index is -3.22. The molecule has 0 aliphatic rings. The fraction of sp³-hybridized carbons (Fsp3) is 0.857. The van der Waals surface area contributed by atoms with Gasteiger partial charge in [0.15, 0.2) is 0 Å². The molecule has 0 rings (SSSR count). The summed E-state index contributed by atoms with van der Waals surface area (Å²) < 4.78 is 14.1. The summed E-state index contributed by atoms with van der Waals surface area (Å²) in [6, 6.07) is 0. The normalized spacial score (nSPS) is 14.8. The average molecular weight is 226 g/mol. The molecule has 6 nitrogen and oxygen atoms in total. The highest BCUT2D eigenvalue weighted by molar-refractivity contribution is 7.32. The molecule has 0 saturated heterocycles. The minimum absolute atomic E-state index is 0.00808. The van der Waals surface area contributed by atoms with Crippen LogP contribution in [0, 0.1) is 0 Å². The van der Waals surface area contributed by atoms with Gasteiger partial charge in [0.2, 0.25) is 0 Å². The van der Waals surface area contributed by atoms with Crippen LogP contribution in [0.25, 0.3) is 0 Å². The Labute approximate surface area is 82.5 Å². The molecule has 2 atom stereocenters. The maximum atomic E-state index is 10.7. The van der Waals surface area contributed by atoms with Gasteiger partial charge in [0.1, 0.15) is 0 Å². The van der Waals surface area contributed by atoms with E-state index in [9.17, 15) is 14.5 Å². The first kappa shape index (κ1) is 13.6. The summed E-state index contributed by atoms with van der Waals surface area (Å²) >= 11 is 0. The highest BCUT2D eigenvalue weighted by Crippen LogP contribution is 2.16. The third kappa shape index (κ3) is 8.19. The van der Waals surface area contributed by atoms with E-state index in [1.165, 1.54) is 0 Å². The van der Waals surface area contributed by atoms with E-state index in [0.717, 1.165) is 0 Å². The second kappa shape index (κ2) is 7.94. The molecule has 0 aromatic heterocycles. The lowest BCUT2D eigenvalue weighted by Gasteiger charge is -2.08. The molecule has 7 heteroatoms. The molecule has 0 heterocycles. The first-order chi connectivity index (χ1) is 6.56. The fourth-order valence-electron chi connectivity index (χ4n) is 0.904.